The van der Waals surface area contributed by atoms with Crippen molar-refractivity contribution in [3.05, 3.63) is 0 Å². The van der Waals surface area contributed by atoms with Gasteiger partial charge in [0.1, 0.15) is 0 Å². The molecule has 1 aliphatic heterocycles. The summed E-state index contributed by atoms with van der Waals surface area (Å²) in [6, 6.07) is 1.82. The fourth-order valence-electron chi connectivity index (χ4n) is 1.38. The zero-order valence-corrected chi connectivity index (χ0v) is 7.71. The molecule has 1 saturated heterocycles. The molecule has 0 spiro atoms. The Morgan fingerprint density at radius 2 is 2.15 bits per heavy atom. The van der Waals surface area contributed by atoms with E-state index in [9.17, 15) is 4.79 Å². The summed E-state index contributed by atoms with van der Waals surface area (Å²) in [6.07, 6.45) is 0.774. The third-order valence-corrected chi connectivity index (χ3v) is 2.09. The second kappa shape index (κ2) is 4.35. The SMILES string of the molecule is CCC1(CC(=O)CC#N)OCCO1. The summed E-state index contributed by atoms with van der Waals surface area (Å²) in [4.78, 5) is 11.2. The van der Waals surface area contributed by atoms with Crippen LogP contribution < -0.4 is 0 Å². The second-order valence-electron chi connectivity index (χ2n) is 3.01. The highest BCUT2D eigenvalue weighted by molar-refractivity contribution is 5.81. The van der Waals surface area contributed by atoms with Crippen LogP contribution >= 0.6 is 0 Å². The third-order valence-electron chi connectivity index (χ3n) is 2.09. The minimum atomic E-state index is -0.742. The van der Waals surface area contributed by atoms with Gasteiger partial charge < -0.3 is 9.47 Å². The molecule has 4 heteroatoms. The molecule has 1 fully saturated rings. The molecule has 1 rings (SSSR count). The predicted octanol–water partition coefficient (Wildman–Crippen LogP) is 1.01. The molecule has 0 aromatic heterocycles. The Kier molecular flexibility index (Phi) is 3.40. The minimum absolute atomic E-state index is 0.0610. The lowest BCUT2D eigenvalue weighted by atomic mass is 10.1. The molecular formula is C9H13NO3. The van der Waals surface area contributed by atoms with Gasteiger partial charge in [-0.3, -0.25) is 4.79 Å². The van der Waals surface area contributed by atoms with Crippen LogP contribution in [0.5, 0.6) is 0 Å². The molecule has 1 aliphatic rings. The summed E-state index contributed by atoms with van der Waals surface area (Å²) < 4.78 is 10.7. The first-order valence-corrected chi connectivity index (χ1v) is 4.39. The first-order valence-electron chi connectivity index (χ1n) is 4.39. The van der Waals surface area contributed by atoms with Gasteiger partial charge in [0.15, 0.2) is 11.6 Å². The smallest absolute Gasteiger partial charge is 0.175 e. The third kappa shape index (κ3) is 2.51. The lowest BCUT2D eigenvalue weighted by molar-refractivity contribution is -0.169. The summed E-state index contributed by atoms with van der Waals surface area (Å²) >= 11 is 0. The Morgan fingerprint density at radius 3 is 2.62 bits per heavy atom. The maximum atomic E-state index is 11.2. The highest BCUT2D eigenvalue weighted by Gasteiger charge is 2.36. The van der Waals surface area contributed by atoms with Gasteiger partial charge in [0.2, 0.25) is 0 Å². The topological polar surface area (TPSA) is 59.3 Å². The van der Waals surface area contributed by atoms with E-state index in [1.165, 1.54) is 0 Å². The molecule has 0 radical (unpaired) electrons. The van der Waals surface area contributed by atoms with Crippen LogP contribution in [0, 0.1) is 11.3 Å². The molecule has 13 heavy (non-hydrogen) atoms. The number of hydrogen-bond donors (Lipinski definition) is 0. The molecule has 1 heterocycles. The highest BCUT2D eigenvalue weighted by atomic mass is 16.7. The number of ether oxygens (including phenoxy) is 2. The van der Waals surface area contributed by atoms with Gasteiger partial charge in [0.05, 0.1) is 32.1 Å². The molecule has 0 atom stereocenters. The van der Waals surface area contributed by atoms with Crippen molar-refractivity contribution in [3.63, 3.8) is 0 Å². The maximum Gasteiger partial charge on any atom is 0.175 e. The largest absolute Gasteiger partial charge is 0.347 e. The molecule has 72 valence electrons. The second-order valence-corrected chi connectivity index (χ2v) is 3.01. The van der Waals surface area contributed by atoms with Gasteiger partial charge >= 0.3 is 0 Å². The van der Waals surface area contributed by atoms with Gasteiger partial charge in [-0.2, -0.15) is 5.26 Å². The summed E-state index contributed by atoms with van der Waals surface area (Å²) in [7, 11) is 0. The number of nitriles is 1. The van der Waals surface area contributed by atoms with E-state index in [1.807, 2.05) is 13.0 Å². The lowest BCUT2D eigenvalue weighted by Gasteiger charge is -2.24. The standard InChI is InChI=1S/C9H13NO3/c1-2-9(12-5-6-13-9)7-8(11)3-4-10/h2-3,5-7H2,1H3. The van der Waals surface area contributed by atoms with E-state index in [1.54, 1.807) is 0 Å². The molecule has 0 N–H and O–H groups in total. The van der Waals surface area contributed by atoms with Crippen molar-refractivity contribution in [1.29, 1.82) is 5.26 Å². The van der Waals surface area contributed by atoms with Crippen LogP contribution in [0.15, 0.2) is 0 Å². The van der Waals surface area contributed by atoms with Crippen LogP contribution in [-0.4, -0.2) is 24.8 Å². The Balaban J connectivity index is 2.49. The van der Waals surface area contributed by atoms with Gasteiger partial charge in [-0.1, -0.05) is 6.92 Å². The fraction of sp³-hybridized carbons (Fsp3) is 0.778. The van der Waals surface area contributed by atoms with E-state index in [0.29, 0.717) is 19.6 Å². The Morgan fingerprint density at radius 1 is 1.54 bits per heavy atom. The lowest BCUT2D eigenvalue weighted by Crippen LogP contribution is -2.32. The number of ketones is 1. The van der Waals surface area contributed by atoms with Crippen molar-refractivity contribution in [2.75, 3.05) is 13.2 Å². The van der Waals surface area contributed by atoms with Crippen molar-refractivity contribution in [1.82, 2.24) is 0 Å². The number of hydrogen-bond acceptors (Lipinski definition) is 4. The van der Waals surface area contributed by atoms with Crippen LogP contribution in [0.2, 0.25) is 0 Å². The van der Waals surface area contributed by atoms with Crippen molar-refractivity contribution in [2.24, 2.45) is 0 Å². The molecule has 0 unspecified atom stereocenters. The van der Waals surface area contributed by atoms with Crippen LogP contribution in [0.25, 0.3) is 0 Å². The van der Waals surface area contributed by atoms with Crippen molar-refractivity contribution >= 4 is 5.78 Å². The van der Waals surface area contributed by atoms with Gasteiger partial charge in [0, 0.05) is 0 Å². The fourth-order valence-corrected chi connectivity index (χ4v) is 1.38. The minimum Gasteiger partial charge on any atom is -0.347 e. The number of Topliss-reactive ketones (excluding diaryl/α,β-unsaturated/α-hetero) is 1. The molecule has 0 aromatic rings. The summed E-state index contributed by atoms with van der Waals surface area (Å²) in [5.74, 6) is -0.861. The number of carbonyl (C=O) groups excluding carboxylic acids is 1. The Labute approximate surface area is 77.4 Å². The zero-order valence-electron chi connectivity index (χ0n) is 7.71. The van der Waals surface area contributed by atoms with Crippen LogP contribution in [0.3, 0.4) is 0 Å². The van der Waals surface area contributed by atoms with Gasteiger partial charge in [-0.05, 0) is 6.42 Å². The van der Waals surface area contributed by atoms with E-state index < -0.39 is 5.79 Å². The normalized spacial score (nSPS) is 19.7. The quantitative estimate of drug-likeness (QED) is 0.652. The summed E-state index contributed by atoms with van der Waals surface area (Å²) in [5.41, 5.74) is 0. The van der Waals surface area contributed by atoms with Crippen molar-refractivity contribution < 1.29 is 14.3 Å². The van der Waals surface area contributed by atoms with Crippen molar-refractivity contribution in [3.8, 4) is 6.07 Å². The van der Waals surface area contributed by atoms with Crippen LogP contribution in [0.1, 0.15) is 26.2 Å². The first kappa shape index (κ1) is 10.2. The number of rotatable bonds is 4. The Bertz CT molecular complexity index is 226. The molecule has 0 saturated carbocycles. The molecule has 0 aliphatic carbocycles. The van der Waals surface area contributed by atoms with Gasteiger partial charge in [0.25, 0.3) is 0 Å². The van der Waals surface area contributed by atoms with Gasteiger partial charge in [-0.15, -0.1) is 0 Å². The van der Waals surface area contributed by atoms with E-state index in [2.05, 4.69) is 0 Å². The van der Waals surface area contributed by atoms with E-state index >= 15 is 0 Å². The summed E-state index contributed by atoms with van der Waals surface area (Å²) in [5, 5.41) is 8.31. The average molecular weight is 183 g/mol. The summed E-state index contributed by atoms with van der Waals surface area (Å²) in [6.45, 7) is 2.98. The van der Waals surface area contributed by atoms with E-state index in [0.717, 1.165) is 0 Å². The van der Waals surface area contributed by atoms with E-state index in [4.69, 9.17) is 14.7 Å². The van der Waals surface area contributed by atoms with Crippen molar-refractivity contribution in [2.45, 2.75) is 32.0 Å². The molecule has 0 aromatic carbocycles. The average Bonchev–Trinajstić information content (AvgIpc) is 2.54. The Hall–Kier alpha value is -0.920. The number of nitrogens with zero attached hydrogens (tertiary/aromatic N) is 1. The maximum absolute atomic E-state index is 11.2. The molecule has 0 bridgehead atoms. The van der Waals surface area contributed by atoms with E-state index in [-0.39, 0.29) is 18.6 Å². The highest BCUT2D eigenvalue weighted by Crippen LogP contribution is 2.27. The zero-order chi connectivity index (χ0) is 9.73. The molecule has 0 amide bonds. The number of carbonyl (C=O) groups is 1. The predicted molar refractivity (Wildman–Crippen MR) is 44.8 cm³/mol. The molecule has 4 nitrogen and oxygen atoms in total. The first-order chi connectivity index (χ1) is 6.22. The molecular weight excluding hydrogens is 170 g/mol. The van der Waals surface area contributed by atoms with Crippen LogP contribution in [0.4, 0.5) is 0 Å². The van der Waals surface area contributed by atoms with Gasteiger partial charge in [-0.25, -0.2) is 0 Å². The monoisotopic (exact) mass is 183 g/mol. The van der Waals surface area contributed by atoms with Crippen LogP contribution in [-0.2, 0) is 14.3 Å².